The Morgan fingerprint density at radius 1 is 0.971 bits per heavy atom. The van der Waals surface area contributed by atoms with Crippen molar-refractivity contribution >= 4 is 46.2 Å². The van der Waals surface area contributed by atoms with Gasteiger partial charge < -0.3 is 20.0 Å². The molecule has 0 aliphatic carbocycles. The molecule has 0 bridgehead atoms. The molecule has 5 nitrogen and oxygen atoms in total. The molecule has 5 rings (SSSR count). The molecule has 0 saturated carbocycles. The lowest BCUT2D eigenvalue weighted by atomic mass is 10.0. The van der Waals surface area contributed by atoms with Gasteiger partial charge in [-0.2, -0.15) is 0 Å². The third-order valence-corrected chi connectivity index (χ3v) is 7.18. The second-order valence-electron chi connectivity index (χ2n) is 8.27. The summed E-state index contributed by atoms with van der Waals surface area (Å²) in [7, 11) is 0. The number of hydrogen-bond donors (Lipinski definition) is 2. The minimum Gasteiger partial charge on any atom is -0.459 e. The van der Waals surface area contributed by atoms with E-state index in [4.69, 9.17) is 39.8 Å². The average Bonchev–Trinajstić information content (AvgIpc) is 3.49. The Morgan fingerprint density at radius 2 is 1.80 bits per heavy atom. The van der Waals surface area contributed by atoms with Crippen molar-refractivity contribution in [2.75, 3.05) is 18.4 Å². The Hall–Kier alpha value is -3.06. The summed E-state index contributed by atoms with van der Waals surface area (Å²) in [6.45, 7) is 1.58. The first-order valence-electron chi connectivity index (χ1n) is 11.4. The van der Waals surface area contributed by atoms with E-state index in [9.17, 15) is 0 Å². The average molecular weight is 523 g/mol. The van der Waals surface area contributed by atoms with Crippen LogP contribution >= 0.6 is 35.4 Å². The predicted octanol–water partition coefficient (Wildman–Crippen LogP) is 7.12. The SMILES string of the molecule is S=C1N[C@H](c2ccccn2)[C@@H](c2ccc(-c3cccc(Cl)c3Cl)o2)N1CCCNc1ccccc1. The Kier molecular flexibility index (Phi) is 7.23. The van der Waals surface area contributed by atoms with Crippen molar-refractivity contribution in [3.05, 3.63) is 107 Å². The molecule has 2 aromatic heterocycles. The summed E-state index contributed by atoms with van der Waals surface area (Å²) < 4.78 is 6.37. The number of rotatable bonds is 8. The van der Waals surface area contributed by atoms with Crippen LogP contribution in [0, 0.1) is 0 Å². The fraction of sp³-hybridized carbons (Fsp3) is 0.185. The first-order valence-corrected chi connectivity index (χ1v) is 12.6. The molecule has 0 unspecified atom stereocenters. The number of furan rings is 1. The fourth-order valence-electron chi connectivity index (χ4n) is 4.34. The zero-order chi connectivity index (χ0) is 24.2. The second kappa shape index (κ2) is 10.7. The number of thiocarbonyl (C=S) groups is 1. The molecule has 1 aliphatic heterocycles. The van der Waals surface area contributed by atoms with Gasteiger partial charge in [0.1, 0.15) is 17.6 Å². The van der Waals surface area contributed by atoms with E-state index in [0.29, 0.717) is 20.9 Å². The monoisotopic (exact) mass is 522 g/mol. The minimum absolute atomic E-state index is 0.139. The molecule has 2 aromatic carbocycles. The highest BCUT2D eigenvalue weighted by Crippen LogP contribution is 2.42. The molecule has 1 fully saturated rings. The summed E-state index contributed by atoms with van der Waals surface area (Å²) in [5.41, 5.74) is 2.77. The van der Waals surface area contributed by atoms with Crippen molar-refractivity contribution in [1.82, 2.24) is 15.2 Å². The van der Waals surface area contributed by atoms with Gasteiger partial charge in [-0.05, 0) is 67.2 Å². The zero-order valence-electron chi connectivity index (χ0n) is 18.8. The number of halogens is 2. The van der Waals surface area contributed by atoms with E-state index in [-0.39, 0.29) is 12.1 Å². The number of para-hydroxylation sites is 1. The first kappa shape index (κ1) is 23.7. The number of nitrogens with zero attached hydrogens (tertiary/aromatic N) is 2. The van der Waals surface area contributed by atoms with E-state index in [2.05, 4.69) is 32.7 Å². The Bertz CT molecular complexity index is 1300. The number of anilines is 1. The summed E-state index contributed by atoms with van der Waals surface area (Å²) in [6, 6.07) is 25.2. The van der Waals surface area contributed by atoms with E-state index in [1.165, 1.54) is 0 Å². The Balaban J connectivity index is 1.40. The molecule has 4 aromatic rings. The molecule has 0 radical (unpaired) electrons. The maximum atomic E-state index is 6.46. The third kappa shape index (κ3) is 5.15. The quantitative estimate of drug-likeness (QED) is 0.189. The molecule has 2 N–H and O–H groups in total. The van der Waals surface area contributed by atoms with E-state index < -0.39 is 0 Å². The van der Waals surface area contributed by atoms with Crippen LogP contribution in [-0.2, 0) is 0 Å². The number of aromatic nitrogens is 1. The first-order chi connectivity index (χ1) is 17.1. The van der Waals surface area contributed by atoms with Gasteiger partial charge >= 0.3 is 0 Å². The molecule has 0 spiro atoms. The van der Waals surface area contributed by atoms with E-state index >= 15 is 0 Å². The van der Waals surface area contributed by atoms with Crippen LogP contribution in [0.4, 0.5) is 5.69 Å². The van der Waals surface area contributed by atoms with E-state index in [1.54, 1.807) is 12.3 Å². The molecule has 35 heavy (non-hydrogen) atoms. The molecular formula is C27H24Cl2N4OS. The molecule has 8 heteroatoms. The van der Waals surface area contributed by atoms with E-state index in [1.807, 2.05) is 60.7 Å². The van der Waals surface area contributed by atoms with Crippen molar-refractivity contribution in [3.8, 4) is 11.3 Å². The molecule has 3 heterocycles. The van der Waals surface area contributed by atoms with Gasteiger partial charge in [-0.15, -0.1) is 0 Å². The third-order valence-electron chi connectivity index (χ3n) is 6.01. The highest BCUT2D eigenvalue weighted by atomic mass is 35.5. The summed E-state index contributed by atoms with van der Waals surface area (Å²) >= 11 is 18.5. The van der Waals surface area contributed by atoms with Gasteiger partial charge in [0, 0.05) is 30.5 Å². The van der Waals surface area contributed by atoms with Crippen molar-refractivity contribution in [3.63, 3.8) is 0 Å². The molecule has 1 saturated heterocycles. The lowest BCUT2D eigenvalue weighted by Crippen LogP contribution is -2.31. The number of pyridine rings is 1. The normalized spacial score (nSPS) is 17.4. The van der Waals surface area contributed by atoms with Crippen LogP contribution in [0.15, 0.2) is 89.5 Å². The van der Waals surface area contributed by atoms with Crippen molar-refractivity contribution < 1.29 is 4.42 Å². The molecule has 0 amide bonds. The highest BCUT2D eigenvalue weighted by Gasteiger charge is 2.41. The molecule has 178 valence electrons. The summed E-state index contributed by atoms with van der Waals surface area (Å²) in [6.07, 6.45) is 2.69. The van der Waals surface area contributed by atoms with Gasteiger partial charge in [0.2, 0.25) is 0 Å². The van der Waals surface area contributed by atoms with Crippen molar-refractivity contribution in [1.29, 1.82) is 0 Å². The van der Waals surface area contributed by atoms with Crippen LogP contribution in [0.5, 0.6) is 0 Å². The molecule has 1 aliphatic rings. The number of nitrogens with one attached hydrogen (secondary N) is 2. The maximum absolute atomic E-state index is 6.46. The standard InChI is InChI=1S/C27H24Cl2N4OS/c28-20-11-6-10-19(24(20)29)22-13-14-23(34-22)26-25(21-12-4-5-15-31-21)32-27(35)33(26)17-7-16-30-18-8-2-1-3-9-18/h1-6,8-15,25-26,30H,7,16-17H2,(H,32,35)/t25-,26-/m1/s1. The van der Waals surface area contributed by atoms with Gasteiger partial charge in [-0.1, -0.05) is 53.5 Å². The zero-order valence-corrected chi connectivity index (χ0v) is 21.2. The van der Waals surface area contributed by atoms with E-state index in [0.717, 1.165) is 42.2 Å². The number of hydrogen-bond acceptors (Lipinski definition) is 4. The molecular weight excluding hydrogens is 499 g/mol. The molecule has 2 atom stereocenters. The lowest BCUT2D eigenvalue weighted by Gasteiger charge is -2.26. The highest BCUT2D eigenvalue weighted by molar-refractivity contribution is 7.80. The Labute approximate surface area is 220 Å². The van der Waals surface area contributed by atoms with Gasteiger partial charge in [0.25, 0.3) is 0 Å². The predicted molar refractivity (Wildman–Crippen MR) is 146 cm³/mol. The van der Waals surface area contributed by atoms with Crippen LogP contribution in [0.25, 0.3) is 11.3 Å². The van der Waals surface area contributed by atoms with Crippen molar-refractivity contribution in [2.45, 2.75) is 18.5 Å². The van der Waals surface area contributed by atoms with Gasteiger partial charge in [-0.25, -0.2) is 0 Å². The van der Waals surface area contributed by atoms with Crippen LogP contribution in [-0.4, -0.2) is 28.1 Å². The van der Waals surface area contributed by atoms with Crippen LogP contribution < -0.4 is 10.6 Å². The van der Waals surface area contributed by atoms with Crippen molar-refractivity contribution in [2.24, 2.45) is 0 Å². The van der Waals surface area contributed by atoms with Crippen LogP contribution in [0.1, 0.15) is 30.0 Å². The lowest BCUT2D eigenvalue weighted by molar-refractivity contribution is 0.274. The topological polar surface area (TPSA) is 53.3 Å². The minimum atomic E-state index is -0.152. The maximum Gasteiger partial charge on any atom is 0.170 e. The summed E-state index contributed by atoms with van der Waals surface area (Å²) in [5.74, 6) is 1.45. The van der Waals surface area contributed by atoms with Gasteiger partial charge in [-0.3, -0.25) is 4.98 Å². The Morgan fingerprint density at radius 3 is 2.60 bits per heavy atom. The smallest absolute Gasteiger partial charge is 0.170 e. The van der Waals surface area contributed by atoms with Crippen LogP contribution in [0.3, 0.4) is 0 Å². The fourth-order valence-corrected chi connectivity index (χ4v) is 5.07. The second-order valence-corrected chi connectivity index (χ2v) is 9.44. The van der Waals surface area contributed by atoms with Crippen LogP contribution in [0.2, 0.25) is 10.0 Å². The largest absolute Gasteiger partial charge is 0.459 e. The summed E-state index contributed by atoms with van der Waals surface area (Å²) in [4.78, 5) is 6.77. The van der Waals surface area contributed by atoms with Gasteiger partial charge in [0.05, 0.1) is 21.8 Å². The van der Waals surface area contributed by atoms with Gasteiger partial charge in [0.15, 0.2) is 5.11 Å². The summed E-state index contributed by atoms with van der Waals surface area (Å²) in [5, 5.41) is 8.58. The number of benzene rings is 2.